The number of non-ortho nitro benzene ring substituents is 1. The Kier molecular flexibility index (Phi) is 4.49. The summed E-state index contributed by atoms with van der Waals surface area (Å²) in [6.45, 7) is 0.129. The second-order valence-corrected chi connectivity index (χ2v) is 4.64. The lowest BCUT2D eigenvalue weighted by atomic mass is 10.1. The molecule has 0 aliphatic rings. The van der Waals surface area contributed by atoms with Crippen molar-refractivity contribution >= 4 is 23.2 Å². The van der Waals surface area contributed by atoms with Crippen molar-refractivity contribution in [3.05, 3.63) is 74.5 Å². The highest BCUT2D eigenvalue weighted by Gasteiger charge is 2.14. The molecule has 2 aromatic rings. The first-order chi connectivity index (χ1) is 9.97. The molecule has 0 saturated heterocycles. The number of hydrogen-bond donors (Lipinski definition) is 1. The van der Waals surface area contributed by atoms with Crippen molar-refractivity contribution in [1.29, 1.82) is 0 Å². The first kappa shape index (κ1) is 14.9. The summed E-state index contributed by atoms with van der Waals surface area (Å²) in [4.78, 5) is 21.9. The maximum atomic E-state index is 13.0. The maximum absolute atomic E-state index is 13.0. The molecule has 7 heteroatoms. The van der Waals surface area contributed by atoms with Crippen molar-refractivity contribution in [3.63, 3.8) is 0 Å². The molecule has 1 amide bonds. The number of nitro benzene ring substituents is 1. The Morgan fingerprint density at radius 1 is 1.29 bits per heavy atom. The average molecular weight is 309 g/mol. The van der Waals surface area contributed by atoms with Crippen LogP contribution in [0.2, 0.25) is 5.02 Å². The Morgan fingerprint density at radius 2 is 2.05 bits per heavy atom. The molecule has 21 heavy (non-hydrogen) atoms. The van der Waals surface area contributed by atoms with Gasteiger partial charge in [-0.1, -0.05) is 23.7 Å². The predicted octanol–water partition coefficient (Wildman–Crippen LogP) is 3.32. The number of nitrogens with zero attached hydrogens (tertiary/aromatic N) is 1. The zero-order valence-corrected chi connectivity index (χ0v) is 11.4. The van der Waals surface area contributed by atoms with Crippen molar-refractivity contribution in [2.75, 3.05) is 0 Å². The van der Waals surface area contributed by atoms with Gasteiger partial charge in [-0.05, 0) is 23.8 Å². The molecule has 1 N–H and O–H groups in total. The molecule has 108 valence electrons. The smallest absolute Gasteiger partial charge is 0.270 e. The van der Waals surface area contributed by atoms with Crippen LogP contribution >= 0.6 is 11.6 Å². The van der Waals surface area contributed by atoms with E-state index in [1.165, 1.54) is 30.3 Å². The van der Waals surface area contributed by atoms with Gasteiger partial charge in [0.15, 0.2) is 0 Å². The van der Waals surface area contributed by atoms with Gasteiger partial charge in [0.05, 0.1) is 15.5 Å². The van der Waals surface area contributed by atoms with Crippen LogP contribution in [0.15, 0.2) is 42.5 Å². The van der Waals surface area contributed by atoms with Crippen LogP contribution < -0.4 is 5.32 Å². The largest absolute Gasteiger partial charge is 0.348 e. The van der Waals surface area contributed by atoms with Gasteiger partial charge >= 0.3 is 0 Å². The molecule has 0 fully saturated rings. The van der Waals surface area contributed by atoms with Crippen LogP contribution in [-0.2, 0) is 6.54 Å². The van der Waals surface area contributed by atoms with E-state index >= 15 is 0 Å². The molecule has 0 aromatic heterocycles. The molecule has 0 aliphatic heterocycles. The fourth-order valence-electron chi connectivity index (χ4n) is 1.73. The Morgan fingerprint density at radius 3 is 2.67 bits per heavy atom. The summed E-state index contributed by atoms with van der Waals surface area (Å²) in [5.41, 5.74) is 0.529. The lowest BCUT2D eigenvalue weighted by Gasteiger charge is -2.07. The van der Waals surface area contributed by atoms with E-state index in [0.29, 0.717) is 5.56 Å². The summed E-state index contributed by atoms with van der Waals surface area (Å²) in [5.74, 6) is -0.880. The van der Waals surface area contributed by atoms with Crippen molar-refractivity contribution < 1.29 is 14.1 Å². The highest BCUT2D eigenvalue weighted by molar-refractivity contribution is 6.34. The summed E-state index contributed by atoms with van der Waals surface area (Å²) in [7, 11) is 0. The van der Waals surface area contributed by atoms with E-state index in [1.807, 2.05) is 0 Å². The van der Waals surface area contributed by atoms with E-state index in [-0.39, 0.29) is 22.8 Å². The van der Waals surface area contributed by atoms with Crippen molar-refractivity contribution in [2.24, 2.45) is 0 Å². The minimum atomic E-state index is -0.597. The zero-order valence-electron chi connectivity index (χ0n) is 10.7. The number of nitrogens with one attached hydrogen (secondary N) is 1. The third-order valence-corrected chi connectivity index (χ3v) is 3.06. The molecule has 0 spiro atoms. The number of hydrogen-bond acceptors (Lipinski definition) is 3. The fourth-order valence-corrected chi connectivity index (χ4v) is 1.99. The van der Waals surface area contributed by atoms with Crippen molar-refractivity contribution in [2.45, 2.75) is 6.54 Å². The molecule has 0 saturated carbocycles. The monoisotopic (exact) mass is 308 g/mol. The quantitative estimate of drug-likeness (QED) is 0.695. The Labute approximate surface area is 124 Å². The molecule has 2 aromatic carbocycles. The molecule has 0 radical (unpaired) electrons. The molecule has 0 unspecified atom stereocenters. The number of carbonyl (C=O) groups is 1. The topological polar surface area (TPSA) is 72.2 Å². The molecular formula is C14H10ClFN2O3. The van der Waals surface area contributed by atoms with Crippen LogP contribution in [0.1, 0.15) is 15.9 Å². The number of halogens is 2. The Balaban J connectivity index is 2.08. The van der Waals surface area contributed by atoms with Crippen LogP contribution in [0, 0.1) is 15.9 Å². The highest BCUT2D eigenvalue weighted by atomic mass is 35.5. The van der Waals surface area contributed by atoms with Gasteiger partial charge in [-0.2, -0.15) is 0 Å². The molecule has 2 rings (SSSR count). The third kappa shape index (κ3) is 3.76. The molecule has 0 aliphatic carbocycles. The number of rotatable bonds is 4. The van der Waals surface area contributed by atoms with Crippen LogP contribution in [0.25, 0.3) is 0 Å². The van der Waals surface area contributed by atoms with Crippen LogP contribution in [0.4, 0.5) is 10.1 Å². The zero-order chi connectivity index (χ0) is 15.4. The standard InChI is InChI=1S/C14H10ClFN2O3/c15-13-7-11(18(20)21)4-5-12(13)14(19)17-8-9-2-1-3-10(16)6-9/h1-7H,8H2,(H,17,19). The Hall–Kier alpha value is -2.47. The van der Waals surface area contributed by atoms with E-state index in [4.69, 9.17) is 11.6 Å². The first-order valence-corrected chi connectivity index (χ1v) is 6.32. The van der Waals surface area contributed by atoms with Gasteiger partial charge in [0, 0.05) is 18.7 Å². The van der Waals surface area contributed by atoms with Crippen molar-refractivity contribution in [3.8, 4) is 0 Å². The third-order valence-electron chi connectivity index (χ3n) is 2.75. The summed E-state index contributed by atoms with van der Waals surface area (Å²) in [6.07, 6.45) is 0. The average Bonchev–Trinajstić information content (AvgIpc) is 2.44. The summed E-state index contributed by atoms with van der Waals surface area (Å²) >= 11 is 5.85. The summed E-state index contributed by atoms with van der Waals surface area (Å²) in [6, 6.07) is 9.40. The number of amides is 1. The highest BCUT2D eigenvalue weighted by Crippen LogP contribution is 2.22. The molecule has 0 heterocycles. The molecule has 0 atom stereocenters. The summed E-state index contributed by atoms with van der Waals surface area (Å²) < 4.78 is 13.0. The predicted molar refractivity (Wildman–Crippen MR) is 75.7 cm³/mol. The van der Waals surface area contributed by atoms with Crippen LogP contribution in [-0.4, -0.2) is 10.8 Å². The fraction of sp³-hybridized carbons (Fsp3) is 0.0714. The van der Waals surface area contributed by atoms with Gasteiger partial charge in [-0.15, -0.1) is 0 Å². The van der Waals surface area contributed by atoms with Gasteiger partial charge in [0.25, 0.3) is 11.6 Å². The van der Waals surface area contributed by atoms with Gasteiger partial charge in [-0.3, -0.25) is 14.9 Å². The number of nitro groups is 1. The van der Waals surface area contributed by atoms with E-state index in [1.54, 1.807) is 6.07 Å². The van der Waals surface area contributed by atoms with E-state index in [0.717, 1.165) is 6.07 Å². The minimum absolute atomic E-state index is 0.0130. The van der Waals surface area contributed by atoms with Gasteiger partial charge in [0.1, 0.15) is 5.82 Å². The minimum Gasteiger partial charge on any atom is -0.348 e. The SMILES string of the molecule is O=C(NCc1cccc(F)c1)c1ccc([N+](=O)[O-])cc1Cl. The van der Waals surface area contributed by atoms with Crippen molar-refractivity contribution in [1.82, 2.24) is 5.32 Å². The molecule has 0 bridgehead atoms. The van der Waals surface area contributed by atoms with E-state index in [9.17, 15) is 19.3 Å². The van der Waals surface area contributed by atoms with Crippen LogP contribution in [0.5, 0.6) is 0 Å². The van der Waals surface area contributed by atoms with Gasteiger partial charge < -0.3 is 5.32 Å². The summed E-state index contributed by atoms with van der Waals surface area (Å²) in [5, 5.41) is 13.1. The molecule has 5 nitrogen and oxygen atoms in total. The van der Waals surface area contributed by atoms with Gasteiger partial charge in [-0.25, -0.2) is 4.39 Å². The Bertz CT molecular complexity index is 706. The maximum Gasteiger partial charge on any atom is 0.270 e. The van der Waals surface area contributed by atoms with E-state index < -0.39 is 16.6 Å². The van der Waals surface area contributed by atoms with Gasteiger partial charge in [0.2, 0.25) is 0 Å². The second-order valence-electron chi connectivity index (χ2n) is 4.23. The molecular weight excluding hydrogens is 299 g/mol. The first-order valence-electron chi connectivity index (χ1n) is 5.94. The normalized spacial score (nSPS) is 10.2. The number of benzene rings is 2. The lowest BCUT2D eigenvalue weighted by molar-refractivity contribution is -0.384. The second kappa shape index (κ2) is 6.32. The number of carbonyl (C=O) groups excluding carboxylic acids is 1. The van der Waals surface area contributed by atoms with E-state index in [2.05, 4.69) is 5.32 Å². The van der Waals surface area contributed by atoms with Crippen LogP contribution in [0.3, 0.4) is 0 Å². The lowest BCUT2D eigenvalue weighted by Crippen LogP contribution is -2.23.